The van der Waals surface area contributed by atoms with Crippen LogP contribution in [0.15, 0.2) is 53.3 Å². The maximum absolute atomic E-state index is 14.0. The molecule has 2 atom stereocenters. The molecule has 0 unspecified atom stereocenters. The van der Waals surface area contributed by atoms with Gasteiger partial charge in [0, 0.05) is 29.7 Å². The summed E-state index contributed by atoms with van der Waals surface area (Å²) in [6.45, 7) is 9.56. The van der Waals surface area contributed by atoms with Gasteiger partial charge in [-0.05, 0) is 72.2 Å². The second-order valence-electron chi connectivity index (χ2n) is 13.2. The molecule has 1 aromatic heterocycles. The van der Waals surface area contributed by atoms with Gasteiger partial charge < -0.3 is 30.2 Å². The van der Waals surface area contributed by atoms with E-state index >= 15 is 0 Å². The number of ether oxygens (including phenoxy) is 3. The third-order valence-corrected chi connectivity index (χ3v) is 8.71. The third-order valence-electron chi connectivity index (χ3n) is 8.71. The standard InChI is InChI=1S/C38H46N6O6/c1-20(2)16-30(38(47)40-25-11-9-10-24(17-25)37-42-36(21(3)4)43-44-37)41-29-15-13-26-27(19-31(29)46)28(39-22(5)45)14-12-23-18-32(48-6)34(49-7)35(50-8)33(23)26/h9-11,13,15,17-21,28,30H,12,14,16H2,1-8H3,(H,39,45)(H,40,47)(H,41,46)(H,42,43,44)/t28-,30+/m1/s1. The largest absolute Gasteiger partial charge is 0.493 e. The fourth-order valence-electron chi connectivity index (χ4n) is 6.34. The maximum atomic E-state index is 14.0. The van der Waals surface area contributed by atoms with Crippen molar-refractivity contribution in [2.75, 3.05) is 32.0 Å². The fourth-order valence-corrected chi connectivity index (χ4v) is 6.34. The van der Waals surface area contributed by atoms with Gasteiger partial charge >= 0.3 is 0 Å². The molecule has 0 spiro atoms. The van der Waals surface area contributed by atoms with Crippen molar-refractivity contribution in [3.05, 3.63) is 75.7 Å². The molecule has 1 aliphatic rings. The Kier molecular flexibility index (Phi) is 11.1. The first kappa shape index (κ1) is 35.9. The Balaban J connectivity index is 1.53. The zero-order valence-electron chi connectivity index (χ0n) is 29.9. The molecule has 5 rings (SSSR count). The monoisotopic (exact) mass is 682 g/mol. The lowest BCUT2D eigenvalue weighted by atomic mass is 9.95. The van der Waals surface area contributed by atoms with E-state index < -0.39 is 12.1 Å². The lowest BCUT2D eigenvalue weighted by Crippen LogP contribution is -2.37. The molecule has 1 heterocycles. The Morgan fingerprint density at radius 3 is 2.38 bits per heavy atom. The molecule has 0 fully saturated rings. The van der Waals surface area contributed by atoms with E-state index in [1.807, 2.05) is 58.0 Å². The topological polar surface area (TPSA) is 157 Å². The van der Waals surface area contributed by atoms with Crippen molar-refractivity contribution in [1.29, 1.82) is 0 Å². The van der Waals surface area contributed by atoms with Gasteiger partial charge in [0.15, 0.2) is 17.3 Å². The molecule has 0 radical (unpaired) electrons. The number of nitrogens with one attached hydrogen (secondary N) is 4. The second kappa shape index (κ2) is 15.4. The molecule has 2 amide bonds. The number of fused-ring (bicyclic) bond motifs is 3. The van der Waals surface area contributed by atoms with Crippen LogP contribution in [0, 0.1) is 5.92 Å². The average Bonchev–Trinajstić information content (AvgIpc) is 3.47. The van der Waals surface area contributed by atoms with E-state index in [1.165, 1.54) is 6.92 Å². The van der Waals surface area contributed by atoms with Gasteiger partial charge in [-0.3, -0.25) is 19.5 Å². The Bertz CT molecular complexity index is 1940. The van der Waals surface area contributed by atoms with Crippen molar-refractivity contribution in [3.8, 4) is 39.8 Å². The molecule has 1 aliphatic carbocycles. The lowest BCUT2D eigenvalue weighted by molar-refractivity contribution is -0.120. The number of carbonyl (C=O) groups excluding carboxylic acids is 2. The maximum Gasteiger partial charge on any atom is 0.246 e. The zero-order chi connectivity index (χ0) is 36.1. The van der Waals surface area contributed by atoms with Gasteiger partial charge in [0.2, 0.25) is 23.0 Å². The lowest BCUT2D eigenvalue weighted by Gasteiger charge is -2.21. The number of amides is 2. The van der Waals surface area contributed by atoms with Crippen LogP contribution in [-0.4, -0.2) is 54.4 Å². The van der Waals surface area contributed by atoms with Gasteiger partial charge in [0.05, 0.1) is 33.1 Å². The van der Waals surface area contributed by atoms with Crippen molar-refractivity contribution in [1.82, 2.24) is 20.5 Å². The number of anilines is 2. The van der Waals surface area contributed by atoms with E-state index in [1.54, 1.807) is 39.5 Å². The highest BCUT2D eigenvalue weighted by Gasteiger charge is 2.30. The molecular weight excluding hydrogens is 636 g/mol. The summed E-state index contributed by atoms with van der Waals surface area (Å²) < 4.78 is 17.2. The molecule has 3 aromatic carbocycles. The number of H-pyrrole nitrogens is 1. The molecule has 4 aromatic rings. The van der Waals surface area contributed by atoms with E-state index in [9.17, 15) is 14.4 Å². The van der Waals surface area contributed by atoms with Crippen LogP contribution >= 0.6 is 0 Å². The molecule has 12 nitrogen and oxygen atoms in total. The first-order chi connectivity index (χ1) is 23.9. The second-order valence-corrected chi connectivity index (χ2v) is 13.2. The predicted octanol–water partition coefficient (Wildman–Crippen LogP) is 6.24. The number of rotatable bonds is 12. The number of benzene rings is 2. The van der Waals surface area contributed by atoms with Gasteiger partial charge in [-0.25, -0.2) is 4.98 Å². The molecular formula is C38H46N6O6. The van der Waals surface area contributed by atoms with Gasteiger partial charge in [-0.15, -0.1) is 0 Å². The highest BCUT2D eigenvalue weighted by atomic mass is 16.5. The summed E-state index contributed by atoms with van der Waals surface area (Å²) in [5.74, 6) is 2.55. The van der Waals surface area contributed by atoms with E-state index in [-0.39, 0.29) is 34.8 Å². The van der Waals surface area contributed by atoms with Crippen LogP contribution in [0.1, 0.15) is 76.4 Å². The normalized spacial score (nSPS) is 14.2. The van der Waals surface area contributed by atoms with Crippen LogP contribution in [0.25, 0.3) is 22.5 Å². The van der Waals surface area contributed by atoms with Crippen LogP contribution in [0.5, 0.6) is 17.2 Å². The minimum absolute atomic E-state index is 0.138. The molecule has 264 valence electrons. The molecule has 0 bridgehead atoms. The van der Waals surface area contributed by atoms with Crippen molar-refractivity contribution >= 4 is 23.2 Å². The molecule has 0 aliphatic heterocycles. The number of nitrogens with zero attached hydrogens (tertiary/aromatic N) is 2. The summed E-state index contributed by atoms with van der Waals surface area (Å²) in [7, 11) is 4.66. The first-order valence-corrected chi connectivity index (χ1v) is 16.8. The van der Waals surface area contributed by atoms with E-state index in [0.29, 0.717) is 59.1 Å². The minimum atomic E-state index is -0.734. The van der Waals surface area contributed by atoms with Crippen molar-refractivity contribution < 1.29 is 23.8 Å². The summed E-state index contributed by atoms with van der Waals surface area (Å²) in [6, 6.07) is 13.1. The SMILES string of the molecule is COc1cc2c(c(OC)c1OC)-c1ccc(N[C@@H](CC(C)C)C(=O)Nc3cccc(-c4n[nH]c(C(C)C)n4)c3)c(=O)cc1[C@H](NC(C)=O)CC2. The summed E-state index contributed by atoms with van der Waals surface area (Å²) >= 11 is 0. The average molecular weight is 683 g/mol. The number of methoxy groups -OCH3 is 3. The predicted molar refractivity (Wildman–Crippen MR) is 194 cm³/mol. The van der Waals surface area contributed by atoms with Crippen LogP contribution in [0.3, 0.4) is 0 Å². The van der Waals surface area contributed by atoms with Gasteiger partial charge in [-0.2, -0.15) is 5.10 Å². The quantitative estimate of drug-likeness (QED) is 0.136. The van der Waals surface area contributed by atoms with Crippen LogP contribution < -0.4 is 35.6 Å². The van der Waals surface area contributed by atoms with Crippen molar-refractivity contribution in [3.63, 3.8) is 0 Å². The van der Waals surface area contributed by atoms with Crippen LogP contribution in [0.4, 0.5) is 11.4 Å². The number of aryl methyl sites for hydroxylation is 1. The van der Waals surface area contributed by atoms with Crippen LogP contribution in [-0.2, 0) is 16.0 Å². The highest BCUT2D eigenvalue weighted by Crippen LogP contribution is 2.50. The number of aromatic nitrogens is 3. The highest BCUT2D eigenvalue weighted by molar-refractivity contribution is 5.97. The Morgan fingerprint density at radius 2 is 1.74 bits per heavy atom. The summed E-state index contributed by atoms with van der Waals surface area (Å²) in [5.41, 5.74) is 4.28. The number of hydrogen-bond donors (Lipinski definition) is 4. The third kappa shape index (κ3) is 7.74. The first-order valence-electron chi connectivity index (χ1n) is 16.8. The Hall–Kier alpha value is -5.39. The molecule has 0 saturated carbocycles. The van der Waals surface area contributed by atoms with Gasteiger partial charge in [0.1, 0.15) is 11.9 Å². The summed E-state index contributed by atoms with van der Waals surface area (Å²) in [5, 5.41) is 16.6. The van der Waals surface area contributed by atoms with E-state index in [0.717, 1.165) is 22.5 Å². The van der Waals surface area contributed by atoms with Gasteiger partial charge in [0.25, 0.3) is 0 Å². The number of hydrogen-bond acceptors (Lipinski definition) is 9. The summed E-state index contributed by atoms with van der Waals surface area (Å²) in [4.78, 5) is 44.7. The van der Waals surface area contributed by atoms with E-state index in [2.05, 4.69) is 31.1 Å². The Labute approximate surface area is 292 Å². The van der Waals surface area contributed by atoms with Crippen molar-refractivity contribution in [2.45, 2.75) is 71.9 Å². The molecule has 4 N–H and O–H groups in total. The smallest absolute Gasteiger partial charge is 0.246 e. The zero-order valence-corrected chi connectivity index (χ0v) is 29.9. The summed E-state index contributed by atoms with van der Waals surface area (Å²) in [6.07, 6.45) is 1.58. The molecule has 50 heavy (non-hydrogen) atoms. The number of aromatic amines is 1. The Morgan fingerprint density at radius 1 is 0.980 bits per heavy atom. The fraction of sp³-hybridized carbons (Fsp3) is 0.395. The number of carbonyl (C=O) groups is 2. The van der Waals surface area contributed by atoms with Gasteiger partial charge in [-0.1, -0.05) is 45.9 Å². The minimum Gasteiger partial charge on any atom is -0.493 e. The van der Waals surface area contributed by atoms with Crippen molar-refractivity contribution in [2.24, 2.45) is 5.92 Å². The van der Waals surface area contributed by atoms with E-state index in [4.69, 9.17) is 14.2 Å². The molecule has 12 heteroatoms. The van der Waals surface area contributed by atoms with Crippen LogP contribution in [0.2, 0.25) is 0 Å². The molecule has 0 saturated heterocycles.